The van der Waals surface area contributed by atoms with Crippen LogP contribution in [-0.2, 0) is 18.8 Å². The number of halogens is 5. The third kappa shape index (κ3) is 3.07. The monoisotopic (exact) mass is 392 g/mol. The Morgan fingerprint density at radius 2 is 1.71 bits per heavy atom. The molecule has 1 aliphatic rings. The summed E-state index contributed by atoms with van der Waals surface area (Å²) in [6.07, 6.45) is -4.75. The van der Waals surface area contributed by atoms with Crippen LogP contribution in [0.15, 0.2) is 48.5 Å². The molecular formula is C19H13F5N4. The highest BCUT2D eigenvalue weighted by Crippen LogP contribution is 2.42. The first-order chi connectivity index (χ1) is 13.2. The second-order valence-electron chi connectivity index (χ2n) is 6.31. The zero-order chi connectivity index (χ0) is 20.1. The Bertz CT molecular complexity index is 1050. The van der Waals surface area contributed by atoms with Gasteiger partial charge in [0.15, 0.2) is 5.82 Å². The maximum atomic E-state index is 14.6. The fourth-order valence-electron chi connectivity index (χ4n) is 3.10. The van der Waals surface area contributed by atoms with E-state index in [1.807, 2.05) is 5.32 Å². The van der Waals surface area contributed by atoms with E-state index in [9.17, 15) is 22.0 Å². The molecule has 2 aromatic carbocycles. The fraction of sp³-hybridized carbons (Fsp3) is 0.158. The van der Waals surface area contributed by atoms with E-state index in [4.69, 9.17) is 5.73 Å². The summed E-state index contributed by atoms with van der Waals surface area (Å²) in [5.74, 6) is 0.188. The predicted octanol–water partition coefficient (Wildman–Crippen LogP) is 4.56. The molecule has 0 atom stereocenters. The molecule has 4 rings (SSSR count). The van der Waals surface area contributed by atoms with E-state index >= 15 is 0 Å². The van der Waals surface area contributed by atoms with Crippen LogP contribution in [0.2, 0.25) is 0 Å². The zero-order valence-corrected chi connectivity index (χ0v) is 14.2. The molecule has 3 aromatic rings. The first kappa shape index (κ1) is 18.3. The minimum Gasteiger partial charge on any atom is -0.383 e. The highest BCUT2D eigenvalue weighted by Gasteiger charge is 2.41. The SMILES string of the molecule is Nc1nc(-c2ccccc2)nc2c1CNC(F)(F)c1cc(C(F)(F)F)ccc1-2. The van der Waals surface area contributed by atoms with Crippen molar-refractivity contribution in [2.45, 2.75) is 18.8 Å². The third-order valence-electron chi connectivity index (χ3n) is 4.50. The van der Waals surface area contributed by atoms with Gasteiger partial charge in [0.1, 0.15) is 5.82 Å². The summed E-state index contributed by atoms with van der Waals surface area (Å²) in [7, 11) is 0. The van der Waals surface area contributed by atoms with Crippen LogP contribution >= 0.6 is 0 Å². The number of fused-ring (bicyclic) bond motifs is 3. The van der Waals surface area contributed by atoms with Crippen molar-refractivity contribution in [3.8, 4) is 22.6 Å². The molecular weight excluding hydrogens is 379 g/mol. The van der Waals surface area contributed by atoms with E-state index in [1.165, 1.54) is 0 Å². The van der Waals surface area contributed by atoms with Gasteiger partial charge in [-0.25, -0.2) is 15.3 Å². The second-order valence-corrected chi connectivity index (χ2v) is 6.31. The van der Waals surface area contributed by atoms with Crippen LogP contribution in [0, 0.1) is 0 Å². The molecule has 3 N–H and O–H groups in total. The minimum atomic E-state index is -4.75. The van der Waals surface area contributed by atoms with Gasteiger partial charge in [-0.05, 0) is 12.1 Å². The van der Waals surface area contributed by atoms with Crippen molar-refractivity contribution in [2.75, 3.05) is 5.73 Å². The van der Waals surface area contributed by atoms with Gasteiger partial charge in [-0.3, -0.25) is 0 Å². The molecule has 2 heterocycles. The molecule has 0 aliphatic carbocycles. The number of nitrogen functional groups attached to an aromatic ring is 1. The molecule has 0 saturated heterocycles. The molecule has 0 amide bonds. The summed E-state index contributed by atoms with van der Waals surface area (Å²) in [4.78, 5) is 8.54. The number of nitrogens with one attached hydrogen (secondary N) is 1. The highest BCUT2D eigenvalue weighted by atomic mass is 19.4. The van der Waals surface area contributed by atoms with Crippen molar-refractivity contribution in [1.82, 2.24) is 15.3 Å². The topological polar surface area (TPSA) is 63.8 Å². The lowest BCUT2D eigenvalue weighted by Crippen LogP contribution is -2.32. The summed E-state index contributed by atoms with van der Waals surface area (Å²) < 4.78 is 68.3. The standard InChI is InChI=1S/C19H13F5N4/c20-18(21,22)11-6-7-12-14(8-11)19(23,24)26-9-13-15(12)27-17(28-16(13)25)10-4-2-1-3-5-10/h1-8,26H,9H2,(H2,25,27,28). The Morgan fingerprint density at radius 3 is 2.39 bits per heavy atom. The molecule has 28 heavy (non-hydrogen) atoms. The summed E-state index contributed by atoms with van der Waals surface area (Å²) >= 11 is 0. The minimum absolute atomic E-state index is 0.0140. The molecule has 1 aliphatic heterocycles. The van der Waals surface area contributed by atoms with Crippen LogP contribution in [0.3, 0.4) is 0 Å². The Kier molecular flexibility index (Phi) is 4.07. The molecule has 0 fully saturated rings. The van der Waals surface area contributed by atoms with Crippen molar-refractivity contribution < 1.29 is 22.0 Å². The molecule has 0 radical (unpaired) electrons. The number of anilines is 1. The lowest BCUT2D eigenvalue weighted by atomic mass is 9.98. The lowest BCUT2D eigenvalue weighted by molar-refractivity contribution is -0.137. The van der Waals surface area contributed by atoms with Crippen molar-refractivity contribution in [3.63, 3.8) is 0 Å². The van der Waals surface area contributed by atoms with Crippen LogP contribution in [0.5, 0.6) is 0 Å². The van der Waals surface area contributed by atoms with E-state index in [2.05, 4.69) is 9.97 Å². The fourth-order valence-corrected chi connectivity index (χ4v) is 3.10. The molecule has 4 nitrogen and oxygen atoms in total. The molecule has 0 bridgehead atoms. The van der Waals surface area contributed by atoms with Gasteiger partial charge in [0.2, 0.25) is 0 Å². The lowest BCUT2D eigenvalue weighted by Gasteiger charge is -2.19. The van der Waals surface area contributed by atoms with E-state index < -0.39 is 23.3 Å². The van der Waals surface area contributed by atoms with Gasteiger partial charge in [0.05, 0.1) is 11.3 Å². The molecule has 0 spiro atoms. The van der Waals surface area contributed by atoms with E-state index in [-0.39, 0.29) is 35.0 Å². The van der Waals surface area contributed by atoms with Crippen molar-refractivity contribution in [2.24, 2.45) is 0 Å². The summed E-state index contributed by atoms with van der Waals surface area (Å²) in [6.45, 7) is -0.390. The molecule has 9 heteroatoms. The number of benzene rings is 2. The maximum absolute atomic E-state index is 14.6. The molecule has 0 saturated carbocycles. The molecule has 0 unspecified atom stereocenters. The van der Waals surface area contributed by atoms with E-state index in [0.717, 1.165) is 12.1 Å². The average Bonchev–Trinajstić information content (AvgIpc) is 2.76. The van der Waals surface area contributed by atoms with Crippen LogP contribution in [-0.4, -0.2) is 9.97 Å². The first-order valence-electron chi connectivity index (χ1n) is 8.23. The van der Waals surface area contributed by atoms with Gasteiger partial charge in [-0.2, -0.15) is 22.0 Å². The summed E-state index contributed by atoms with van der Waals surface area (Å²) in [6, 6.07) is 7.23. The van der Waals surface area contributed by atoms with Gasteiger partial charge in [0, 0.05) is 28.8 Å². The molecule has 144 valence electrons. The average molecular weight is 392 g/mol. The Morgan fingerprint density at radius 1 is 1.00 bits per heavy atom. The van der Waals surface area contributed by atoms with E-state index in [0.29, 0.717) is 11.6 Å². The van der Waals surface area contributed by atoms with Crippen LogP contribution < -0.4 is 11.1 Å². The summed E-state index contributed by atoms with van der Waals surface area (Å²) in [5, 5.41) is 1.95. The number of hydrogen-bond donors (Lipinski definition) is 2. The van der Waals surface area contributed by atoms with Gasteiger partial charge in [-0.1, -0.05) is 36.4 Å². The Hall–Kier alpha value is -3.07. The maximum Gasteiger partial charge on any atom is 0.416 e. The van der Waals surface area contributed by atoms with Crippen LogP contribution in [0.4, 0.5) is 27.8 Å². The Balaban J connectivity index is 1.98. The number of rotatable bonds is 1. The van der Waals surface area contributed by atoms with Crippen LogP contribution in [0.1, 0.15) is 16.7 Å². The number of aromatic nitrogens is 2. The first-order valence-corrected chi connectivity index (χ1v) is 8.23. The number of hydrogen-bond acceptors (Lipinski definition) is 4. The number of alkyl halides is 5. The van der Waals surface area contributed by atoms with E-state index in [1.54, 1.807) is 30.3 Å². The van der Waals surface area contributed by atoms with Gasteiger partial charge in [-0.15, -0.1) is 0 Å². The third-order valence-corrected chi connectivity index (χ3v) is 4.50. The largest absolute Gasteiger partial charge is 0.416 e. The molecule has 1 aromatic heterocycles. The van der Waals surface area contributed by atoms with Crippen molar-refractivity contribution in [1.29, 1.82) is 0 Å². The number of nitrogens with zero attached hydrogens (tertiary/aromatic N) is 2. The second kappa shape index (κ2) is 6.23. The number of nitrogens with two attached hydrogens (primary N) is 1. The van der Waals surface area contributed by atoms with Crippen molar-refractivity contribution >= 4 is 5.82 Å². The quantitative estimate of drug-likeness (QED) is 0.471. The van der Waals surface area contributed by atoms with Gasteiger partial charge in [0.25, 0.3) is 0 Å². The smallest absolute Gasteiger partial charge is 0.383 e. The predicted molar refractivity (Wildman–Crippen MR) is 93.1 cm³/mol. The van der Waals surface area contributed by atoms with Crippen LogP contribution in [0.25, 0.3) is 22.6 Å². The zero-order valence-electron chi connectivity index (χ0n) is 14.2. The van der Waals surface area contributed by atoms with Crippen molar-refractivity contribution in [3.05, 3.63) is 65.2 Å². The highest BCUT2D eigenvalue weighted by molar-refractivity contribution is 5.75. The van der Waals surface area contributed by atoms with Gasteiger partial charge >= 0.3 is 12.2 Å². The Labute approximate surface area is 156 Å². The van der Waals surface area contributed by atoms with Gasteiger partial charge < -0.3 is 5.73 Å². The summed E-state index contributed by atoms with van der Waals surface area (Å²) in [5.41, 5.74) is 4.78. The normalized spacial score (nSPS) is 15.5.